The molecule has 118 valence electrons. The van der Waals surface area contributed by atoms with Crippen molar-refractivity contribution in [2.45, 2.75) is 24.3 Å². The Balaban J connectivity index is 1.72. The van der Waals surface area contributed by atoms with E-state index in [2.05, 4.69) is 10.2 Å². The smallest absolute Gasteiger partial charge is 0.277 e. The first kappa shape index (κ1) is 15.5. The van der Waals surface area contributed by atoms with E-state index >= 15 is 0 Å². The third-order valence-corrected chi connectivity index (χ3v) is 4.21. The van der Waals surface area contributed by atoms with E-state index in [-0.39, 0.29) is 11.6 Å². The van der Waals surface area contributed by atoms with Gasteiger partial charge in [-0.3, -0.25) is 4.79 Å². The largest absolute Gasteiger partial charge is 0.469 e. The van der Waals surface area contributed by atoms with E-state index in [0.29, 0.717) is 22.4 Å². The molecule has 1 aromatic carbocycles. The summed E-state index contributed by atoms with van der Waals surface area (Å²) < 4.78 is 23.7. The zero-order valence-electron chi connectivity index (χ0n) is 12.4. The molecule has 5 nitrogen and oxygen atoms in total. The van der Waals surface area contributed by atoms with Gasteiger partial charge in [0.05, 0.1) is 17.1 Å². The second kappa shape index (κ2) is 6.37. The van der Waals surface area contributed by atoms with Gasteiger partial charge in [-0.05, 0) is 44.2 Å². The average molecular weight is 332 g/mol. The van der Waals surface area contributed by atoms with Crippen molar-refractivity contribution in [3.05, 3.63) is 53.7 Å². The monoisotopic (exact) mass is 332 g/mol. The van der Waals surface area contributed by atoms with E-state index in [9.17, 15) is 9.18 Å². The number of ketones is 1. The van der Waals surface area contributed by atoms with Gasteiger partial charge in [-0.1, -0.05) is 11.8 Å². The molecule has 0 unspecified atom stereocenters. The van der Waals surface area contributed by atoms with Crippen LogP contribution in [0.3, 0.4) is 0 Å². The van der Waals surface area contributed by atoms with Crippen LogP contribution in [0.15, 0.2) is 50.7 Å². The van der Waals surface area contributed by atoms with Crippen molar-refractivity contribution in [2.24, 2.45) is 0 Å². The SMILES string of the molecule is Cc1occc1-c1nnc(S[C@H](C)C(=O)c2ccc(F)cc2)o1. The summed E-state index contributed by atoms with van der Waals surface area (Å²) in [5.41, 5.74) is 1.17. The van der Waals surface area contributed by atoms with E-state index in [1.165, 1.54) is 24.3 Å². The summed E-state index contributed by atoms with van der Waals surface area (Å²) in [5.74, 6) is 0.522. The van der Waals surface area contributed by atoms with Crippen LogP contribution >= 0.6 is 11.8 Å². The summed E-state index contributed by atoms with van der Waals surface area (Å²) in [4.78, 5) is 12.3. The number of carbonyl (C=O) groups excluding carboxylic acids is 1. The molecule has 0 N–H and O–H groups in total. The van der Waals surface area contributed by atoms with Crippen molar-refractivity contribution in [2.75, 3.05) is 0 Å². The number of aryl methyl sites for hydroxylation is 1. The predicted octanol–water partition coefficient (Wildman–Crippen LogP) is 4.14. The van der Waals surface area contributed by atoms with Gasteiger partial charge in [-0.2, -0.15) is 0 Å². The number of nitrogens with zero attached hydrogens (tertiary/aromatic N) is 2. The fourth-order valence-electron chi connectivity index (χ4n) is 2.03. The Morgan fingerprint density at radius 1 is 1.22 bits per heavy atom. The Hall–Kier alpha value is -2.41. The number of furan rings is 1. The van der Waals surface area contributed by atoms with E-state index in [1.54, 1.807) is 26.2 Å². The maximum absolute atomic E-state index is 12.9. The summed E-state index contributed by atoms with van der Waals surface area (Å²) >= 11 is 1.16. The minimum Gasteiger partial charge on any atom is -0.469 e. The Morgan fingerprint density at radius 2 is 1.96 bits per heavy atom. The van der Waals surface area contributed by atoms with Crippen LogP contribution in [0.4, 0.5) is 4.39 Å². The Labute approximate surface area is 135 Å². The Morgan fingerprint density at radius 3 is 2.61 bits per heavy atom. The lowest BCUT2D eigenvalue weighted by Gasteiger charge is -2.07. The molecule has 7 heteroatoms. The van der Waals surface area contributed by atoms with E-state index in [0.717, 1.165) is 17.3 Å². The molecule has 2 heterocycles. The van der Waals surface area contributed by atoms with Crippen LogP contribution in [0.5, 0.6) is 0 Å². The highest BCUT2D eigenvalue weighted by Crippen LogP contribution is 2.29. The molecule has 23 heavy (non-hydrogen) atoms. The molecular formula is C16H13FN2O3S. The lowest BCUT2D eigenvalue weighted by atomic mass is 10.1. The molecular weight excluding hydrogens is 319 g/mol. The average Bonchev–Trinajstić information content (AvgIpc) is 3.16. The quantitative estimate of drug-likeness (QED) is 0.516. The molecule has 0 fully saturated rings. The van der Waals surface area contributed by atoms with Crippen LogP contribution in [0.2, 0.25) is 0 Å². The maximum atomic E-state index is 12.9. The normalized spacial score (nSPS) is 12.3. The van der Waals surface area contributed by atoms with E-state index in [1.807, 2.05) is 0 Å². The van der Waals surface area contributed by atoms with Gasteiger partial charge in [0.2, 0.25) is 0 Å². The second-order valence-electron chi connectivity index (χ2n) is 4.89. The zero-order chi connectivity index (χ0) is 16.4. The van der Waals surface area contributed by atoms with Crippen molar-refractivity contribution in [1.29, 1.82) is 0 Å². The van der Waals surface area contributed by atoms with Crippen molar-refractivity contribution in [3.8, 4) is 11.5 Å². The molecule has 0 radical (unpaired) electrons. The highest BCUT2D eigenvalue weighted by molar-refractivity contribution is 8.00. The number of hydrogen-bond donors (Lipinski definition) is 0. The number of benzene rings is 1. The highest BCUT2D eigenvalue weighted by Gasteiger charge is 2.21. The number of thioether (sulfide) groups is 1. The number of halogens is 1. The van der Waals surface area contributed by atoms with Gasteiger partial charge in [0.1, 0.15) is 11.6 Å². The third-order valence-electron chi connectivity index (χ3n) is 3.27. The van der Waals surface area contributed by atoms with E-state index in [4.69, 9.17) is 8.83 Å². The van der Waals surface area contributed by atoms with Gasteiger partial charge < -0.3 is 8.83 Å². The first-order valence-electron chi connectivity index (χ1n) is 6.89. The standard InChI is InChI=1S/C16H13FN2O3S/c1-9-13(7-8-21-9)15-18-19-16(22-15)23-10(2)14(20)11-3-5-12(17)6-4-11/h3-8,10H,1-2H3/t10-/m1/s1. The predicted molar refractivity (Wildman–Crippen MR) is 82.8 cm³/mol. The molecule has 3 aromatic rings. The summed E-state index contributed by atoms with van der Waals surface area (Å²) in [6.45, 7) is 3.54. The van der Waals surface area contributed by atoms with Crippen LogP contribution in [0.1, 0.15) is 23.0 Å². The van der Waals surface area contributed by atoms with Gasteiger partial charge in [-0.25, -0.2) is 4.39 Å². The van der Waals surface area contributed by atoms with Crippen LogP contribution in [-0.4, -0.2) is 21.2 Å². The summed E-state index contributed by atoms with van der Waals surface area (Å²) in [6.07, 6.45) is 1.54. The van der Waals surface area contributed by atoms with Crippen molar-refractivity contribution >= 4 is 17.5 Å². The fraction of sp³-hybridized carbons (Fsp3) is 0.188. The number of hydrogen-bond acceptors (Lipinski definition) is 6. The molecule has 0 aliphatic carbocycles. The van der Waals surface area contributed by atoms with Crippen LogP contribution in [0, 0.1) is 12.7 Å². The Bertz CT molecular complexity index is 826. The Kier molecular flexibility index (Phi) is 4.29. The van der Waals surface area contributed by atoms with Crippen molar-refractivity contribution < 1.29 is 18.0 Å². The molecule has 2 aromatic heterocycles. The number of rotatable bonds is 5. The fourth-order valence-corrected chi connectivity index (χ4v) is 2.79. The van der Waals surface area contributed by atoms with Crippen LogP contribution in [-0.2, 0) is 0 Å². The summed E-state index contributed by atoms with van der Waals surface area (Å²) in [6, 6.07) is 7.18. The minimum absolute atomic E-state index is 0.130. The lowest BCUT2D eigenvalue weighted by Crippen LogP contribution is -2.13. The second-order valence-corrected chi connectivity index (χ2v) is 6.19. The first-order chi connectivity index (χ1) is 11.0. The molecule has 0 spiro atoms. The minimum atomic E-state index is -0.431. The van der Waals surface area contributed by atoms with Gasteiger partial charge in [-0.15, -0.1) is 10.2 Å². The summed E-state index contributed by atoms with van der Waals surface area (Å²) in [7, 11) is 0. The van der Waals surface area contributed by atoms with Gasteiger partial charge in [0, 0.05) is 5.56 Å². The third kappa shape index (κ3) is 3.34. The molecule has 3 rings (SSSR count). The van der Waals surface area contributed by atoms with Crippen LogP contribution < -0.4 is 0 Å². The number of carbonyl (C=O) groups is 1. The molecule has 0 saturated carbocycles. The van der Waals surface area contributed by atoms with Crippen molar-refractivity contribution in [1.82, 2.24) is 10.2 Å². The first-order valence-corrected chi connectivity index (χ1v) is 7.77. The molecule has 0 bridgehead atoms. The molecule has 0 aliphatic rings. The molecule has 0 aliphatic heterocycles. The van der Waals surface area contributed by atoms with Crippen LogP contribution in [0.25, 0.3) is 11.5 Å². The highest BCUT2D eigenvalue weighted by atomic mass is 32.2. The lowest BCUT2D eigenvalue weighted by molar-refractivity contribution is 0.0993. The maximum Gasteiger partial charge on any atom is 0.277 e. The van der Waals surface area contributed by atoms with Gasteiger partial charge in [0.15, 0.2) is 5.78 Å². The molecule has 0 saturated heterocycles. The number of aromatic nitrogens is 2. The van der Waals surface area contributed by atoms with E-state index < -0.39 is 5.25 Å². The van der Waals surface area contributed by atoms with Gasteiger partial charge >= 0.3 is 0 Å². The molecule has 1 atom stereocenters. The molecule has 0 amide bonds. The zero-order valence-corrected chi connectivity index (χ0v) is 13.3. The number of Topliss-reactive ketones (excluding diaryl/α,β-unsaturated/α-hetero) is 1. The summed E-state index contributed by atoms with van der Waals surface area (Å²) in [5, 5.41) is 7.76. The van der Waals surface area contributed by atoms with Gasteiger partial charge in [0.25, 0.3) is 11.1 Å². The topological polar surface area (TPSA) is 69.1 Å². The van der Waals surface area contributed by atoms with Crippen molar-refractivity contribution in [3.63, 3.8) is 0 Å².